The second kappa shape index (κ2) is 4.73. The highest BCUT2D eigenvalue weighted by molar-refractivity contribution is 4.67. The van der Waals surface area contributed by atoms with Crippen molar-refractivity contribution >= 4 is 0 Å². The van der Waals surface area contributed by atoms with Crippen molar-refractivity contribution in [3.63, 3.8) is 0 Å². The molecule has 2 radical (unpaired) electrons. The van der Waals surface area contributed by atoms with Crippen LogP contribution in [0.4, 0.5) is 0 Å². The van der Waals surface area contributed by atoms with Gasteiger partial charge in [-0.2, -0.15) is 0 Å². The lowest BCUT2D eigenvalue weighted by atomic mass is 9.89. The number of nitrogens with one attached hydrogen (secondary N) is 1. The molecule has 1 saturated carbocycles. The van der Waals surface area contributed by atoms with Gasteiger partial charge in [0.1, 0.15) is 0 Å². The Morgan fingerprint density at radius 1 is 1.20 bits per heavy atom. The van der Waals surface area contributed by atoms with E-state index >= 15 is 0 Å². The first-order valence-electron chi connectivity index (χ1n) is 4.34. The molecular formula is C9H17N. The van der Waals surface area contributed by atoms with Crippen LogP contribution in [0.3, 0.4) is 0 Å². The zero-order chi connectivity index (χ0) is 7.23. The molecule has 0 bridgehead atoms. The Hall–Kier alpha value is -0.0400. The third-order valence-electron chi connectivity index (χ3n) is 2.30. The van der Waals surface area contributed by atoms with Crippen molar-refractivity contribution in [2.45, 2.75) is 32.1 Å². The Labute approximate surface area is 64.2 Å². The van der Waals surface area contributed by atoms with Gasteiger partial charge in [0, 0.05) is 0 Å². The fourth-order valence-corrected chi connectivity index (χ4v) is 1.68. The minimum Gasteiger partial charge on any atom is -0.316 e. The van der Waals surface area contributed by atoms with Gasteiger partial charge in [0.05, 0.1) is 0 Å². The van der Waals surface area contributed by atoms with Crippen molar-refractivity contribution in [2.24, 2.45) is 5.92 Å². The quantitative estimate of drug-likeness (QED) is 0.629. The smallest absolute Gasteiger partial charge is 0.00139 e. The summed E-state index contributed by atoms with van der Waals surface area (Å²) < 4.78 is 0. The van der Waals surface area contributed by atoms with E-state index in [4.69, 9.17) is 6.92 Å². The van der Waals surface area contributed by atoms with E-state index in [9.17, 15) is 0 Å². The summed E-state index contributed by atoms with van der Waals surface area (Å²) in [5.41, 5.74) is 0. The summed E-state index contributed by atoms with van der Waals surface area (Å²) in [5, 5.41) is 3.20. The highest BCUT2D eigenvalue weighted by atomic mass is 14.8. The van der Waals surface area contributed by atoms with E-state index in [1.807, 2.05) is 0 Å². The highest BCUT2D eigenvalue weighted by Crippen LogP contribution is 2.22. The summed E-state index contributed by atoms with van der Waals surface area (Å²) in [5.74, 6) is 0.914. The van der Waals surface area contributed by atoms with Crippen LogP contribution in [0.2, 0.25) is 0 Å². The molecule has 0 aromatic rings. The van der Waals surface area contributed by atoms with Crippen LogP contribution < -0.4 is 5.32 Å². The van der Waals surface area contributed by atoms with E-state index in [-0.39, 0.29) is 0 Å². The van der Waals surface area contributed by atoms with E-state index in [2.05, 4.69) is 5.32 Å². The monoisotopic (exact) mass is 139 g/mol. The van der Waals surface area contributed by atoms with Crippen LogP contribution in [0.15, 0.2) is 0 Å². The molecule has 0 aromatic heterocycles. The lowest BCUT2D eigenvalue weighted by molar-refractivity contribution is 0.346. The summed E-state index contributed by atoms with van der Waals surface area (Å²) in [6.45, 7) is 7.11. The van der Waals surface area contributed by atoms with E-state index < -0.39 is 0 Å². The lowest BCUT2D eigenvalue weighted by Crippen LogP contribution is -2.24. The van der Waals surface area contributed by atoms with Crippen LogP contribution in [0.5, 0.6) is 0 Å². The van der Waals surface area contributed by atoms with Gasteiger partial charge in [-0.3, -0.25) is 0 Å². The Bertz CT molecular complexity index is 74.8. The first kappa shape index (κ1) is 8.06. The zero-order valence-electron chi connectivity index (χ0n) is 6.60. The zero-order valence-corrected chi connectivity index (χ0v) is 6.60. The maximum atomic E-state index is 5.33. The molecule has 0 aliphatic heterocycles. The molecule has 1 N–H and O–H groups in total. The van der Waals surface area contributed by atoms with Gasteiger partial charge in [0.2, 0.25) is 0 Å². The van der Waals surface area contributed by atoms with Crippen LogP contribution in [0.25, 0.3) is 0 Å². The van der Waals surface area contributed by atoms with Gasteiger partial charge in [-0.25, -0.2) is 0 Å². The molecule has 0 atom stereocenters. The predicted molar refractivity (Wildman–Crippen MR) is 43.7 cm³/mol. The van der Waals surface area contributed by atoms with E-state index in [0.29, 0.717) is 6.54 Å². The van der Waals surface area contributed by atoms with Gasteiger partial charge in [-0.1, -0.05) is 19.3 Å². The molecule has 1 heteroatoms. The van der Waals surface area contributed by atoms with Crippen molar-refractivity contribution in [3.8, 4) is 0 Å². The van der Waals surface area contributed by atoms with Crippen LogP contribution in [0, 0.1) is 12.8 Å². The average Bonchev–Trinajstić information content (AvgIpc) is 2.03. The largest absolute Gasteiger partial charge is 0.316 e. The number of hydrogen-bond donors (Lipinski definition) is 1. The Morgan fingerprint density at radius 2 is 1.90 bits per heavy atom. The molecule has 0 aromatic carbocycles. The van der Waals surface area contributed by atoms with Gasteiger partial charge < -0.3 is 5.32 Å². The molecule has 58 valence electrons. The lowest BCUT2D eigenvalue weighted by Gasteiger charge is -2.21. The maximum absolute atomic E-state index is 5.33. The highest BCUT2D eigenvalue weighted by Gasteiger charge is 2.11. The van der Waals surface area contributed by atoms with Crippen molar-refractivity contribution < 1.29 is 0 Å². The maximum Gasteiger partial charge on any atom is -0.00139 e. The van der Waals surface area contributed by atoms with Crippen molar-refractivity contribution in [1.29, 1.82) is 0 Å². The Balaban J connectivity index is 2.02. The van der Waals surface area contributed by atoms with Gasteiger partial charge in [-0.05, 0) is 38.8 Å². The molecule has 10 heavy (non-hydrogen) atoms. The molecule has 1 nitrogen and oxygen atoms in total. The third kappa shape index (κ3) is 2.70. The fourth-order valence-electron chi connectivity index (χ4n) is 1.68. The average molecular weight is 139 g/mol. The summed E-state index contributed by atoms with van der Waals surface area (Å²) in [6, 6.07) is 0. The molecule has 1 aliphatic rings. The summed E-state index contributed by atoms with van der Waals surface area (Å²) in [4.78, 5) is 0. The van der Waals surface area contributed by atoms with Gasteiger partial charge in [0.15, 0.2) is 0 Å². The predicted octanol–water partition coefficient (Wildman–Crippen LogP) is 1.87. The molecule has 1 fully saturated rings. The van der Waals surface area contributed by atoms with Gasteiger partial charge in [0.25, 0.3) is 0 Å². The van der Waals surface area contributed by atoms with E-state index in [0.717, 1.165) is 12.5 Å². The van der Waals surface area contributed by atoms with Crippen molar-refractivity contribution in [2.75, 3.05) is 13.1 Å². The molecule has 1 aliphatic carbocycles. The van der Waals surface area contributed by atoms with Gasteiger partial charge >= 0.3 is 0 Å². The normalized spacial score (nSPS) is 21.3. The number of hydrogen-bond acceptors (Lipinski definition) is 1. The Morgan fingerprint density at radius 3 is 2.50 bits per heavy atom. The van der Waals surface area contributed by atoms with Crippen molar-refractivity contribution in [1.82, 2.24) is 5.32 Å². The molecule has 1 rings (SSSR count). The Kier molecular flexibility index (Phi) is 3.81. The van der Waals surface area contributed by atoms with Crippen LogP contribution >= 0.6 is 0 Å². The molecule has 0 spiro atoms. The molecule has 0 saturated heterocycles. The second-order valence-corrected chi connectivity index (χ2v) is 3.16. The summed E-state index contributed by atoms with van der Waals surface area (Å²) in [7, 11) is 0. The molecule has 0 heterocycles. The molecular weight excluding hydrogens is 122 g/mol. The second-order valence-electron chi connectivity index (χ2n) is 3.16. The summed E-state index contributed by atoms with van der Waals surface area (Å²) >= 11 is 0. The summed E-state index contributed by atoms with van der Waals surface area (Å²) in [6.07, 6.45) is 7.12. The number of rotatable bonds is 3. The molecule has 0 unspecified atom stereocenters. The molecule has 0 amide bonds. The van der Waals surface area contributed by atoms with Crippen molar-refractivity contribution in [3.05, 3.63) is 6.92 Å². The van der Waals surface area contributed by atoms with Gasteiger partial charge in [-0.15, -0.1) is 0 Å². The first-order valence-corrected chi connectivity index (χ1v) is 4.34. The minimum atomic E-state index is 0.635. The third-order valence-corrected chi connectivity index (χ3v) is 2.30. The van der Waals surface area contributed by atoms with E-state index in [1.165, 1.54) is 32.1 Å². The van der Waals surface area contributed by atoms with Crippen LogP contribution in [0.1, 0.15) is 32.1 Å². The fraction of sp³-hybridized carbons (Fsp3) is 0.889. The topological polar surface area (TPSA) is 12.0 Å². The first-order chi connectivity index (χ1) is 4.93. The standard InChI is InChI=1S/C9H17N/c1-2-10-8-9-6-4-3-5-7-9/h1,9-10H,2-8H2. The SMILES string of the molecule is [CH]CNCC1CCCCC1. The van der Waals surface area contributed by atoms with Crippen LogP contribution in [-0.4, -0.2) is 13.1 Å². The van der Waals surface area contributed by atoms with Crippen LogP contribution in [-0.2, 0) is 0 Å². The minimum absolute atomic E-state index is 0.635. The van der Waals surface area contributed by atoms with E-state index in [1.54, 1.807) is 0 Å².